The molecule has 0 atom stereocenters. The molecule has 0 unspecified atom stereocenters. The molecule has 0 aliphatic heterocycles. The number of carbonyl (C=O) groups excluding carboxylic acids is 1. The normalized spacial score (nSPS) is 9.58. The van der Waals surface area contributed by atoms with Crippen LogP contribution in [0.4, 0.5) is 0 Å². The molecular formula is C14H23NO4. The molecule has 19 heavy (non-hydrogen) atoms. The van der Waals surface area contributed by atoms with Crippen LogP contribution in [-0.2, 0) is 0 Å². The van der Waals surface area contributed by atoms with Crippen LogP contribution in [0.1, 0.15) is 31.6 Å². The molecular weight excluding hydrogens is 246 g/mol. The first-order valence-corrected chi connectivity index (χ1v) is 5.64. The number of ether oxygens (including phenoxy) is 3. The number of amides is 1. The lowest BCUT2D eigenvalue weighted by Crippen LogP contribution is -2.30. The Morgan fingerprint density at radius 1 is 1.05 bits per heavy atom. The largest absolute Gasteiger partial charge is 0.493 e. The van der Waals surface area contributed by atoms with E-state index in [0.29, 0.717) is 22.8 Å². The molecule has 0 aromatic heterocycles. The van der Waals surface area contributed by atoms with Gasteiger partial charge in [0.1, 0.15) is 0 Å². The predicted molar refractivity (Wildman–Crippen MR) is 75.4 cm³/mol. The summed E-state index contributed by atoms with van der Waals surface area (Å²) < 4.78 is 15.6. The number of hydrogen-bond donors (Lipinski definition) is 1. The monoisotopic (exact) mass is 269 g/mol. The van der Waals surface area contributed by atoms with Crippen molar-refractivity contribution in [1.82, 2.24) is 5.32 Å². The first kappa shape index (κ1) is 17.1. The third kappa shape index (κ3) is 4.05. The van der Waals surface area contributed by atoms with Gasteiger partial charge in [-0.25, -0.2) is 0 Å². The van der Waals surface area contributed by atoms with Crippen molar-refractivity contribution in [1.29, 1.82) is 0 Å². The minimum Gasteiger partial charge on any atom is -0.493 e. The number of methoxy groups -OCH3 is 3. The number of benzene rings is 1. The van der Waals surface area contributed by atoms with Gasteiger partial charge in [0.25, 0.3) is 5.91 Å². The molecule has 108 valence electrons. The molecule has 0 bridgehead atoms. The minimum atomic E-state index is -0.177. The Labute approximate surface area is 114 Å². The number of hydrogen-bond acceptors (Lipinski definition) is 4. The quantitative estimate of drug-likeness (QED) is 0.892. The zero-order valence-corrected chi connectivity index (χ0v) is 11.4. The lowest BCUT2D eigenvalue weighted by atomic mass is 10.1. The molecule has 1 aromatic carbocycles. The van der Waals surface area contributed by atoms with Crippen LogP contribution in [0.3, 0.4) is 0 Å². The average Bonchev–Trinajstić information content (AvgIpc) is 2.35. The fourth-order valence-corrected chi connectivity index (χ4v) is 1.56. The van der Waals surface area contributed by atoms with Crippen LogP contribution < -0.4 is 19.5 Å². The van der Waals surface area contributed by atoms with E-state index in [4.69, 9.17) is 14.2 Å². The molecule has 0 saturated carbocycles. The Hall–Kier alpha value is -1.91. The molecule has 1 aromatic rings. The summed E-state index contributed by atoms with van der Waals surface area (Å²) in [7, 11) is 4.55. The highest BCUT2D eigenvalue weighted by molar-refractivity contribution is 5.95. The molecule has 0 aliphatic carbocycles. The number of carbonyl (C=O) groups is 1. The van der Waals surface area contributed by atoms with Crippen LogP contribution in [0.5, 0.6) is 17.2 Å². The standard InChI is InChI=1S/C13H19NO4.CH4/c1-8(2)14-13(15)9-6-10(16-3)12(18-5)11(7-9)17-4;/h6-8H,1-5H3,(H,14,15);1H4. The van der Waals surface area contributed by atoms with E-state index in [-0.39, 0.29) is 19.4 Å². The van der Waals surface area contributed by atoms with E-state index in [2.05, 4.69) is 5.32 Å². The maximum Gasteiger partial charge on any atom is 0.251 e. The smallest absolute Gasteiger partial charge is 0.251 e. The summed E-state index contributed by atoms with van der Waals surface area (Å²) in [5.74, 6) is 1.22. The van der Waals surface area contributed by atoms with Crippen LogP contribution in [0.2, 0.25) is 0 Å². The summed E-state index contributed by atoms with van der Waals surface area (Å²) in [5.41, 5.74) is 0.471. The zero-order chi connectivity index (χ0) is 13.7. The fourth-order valence-electron chi connectivity index (χ4n) is 1.56. The Kier molecular flexibility index (Phi) is 6.75. The van der Waals surface area contributed by atoms with E-state index >= 15 is 0 Å². The molecule has 0 heterocycles. The van der Waals surface area contributed by atoms with Gasteiger partial charge in [-0.15, -0.1) is 0 Å². The fraction of sp³-hybridized carbons (Fsp3) is 0.500. The van der Waals surface area contributed by atoms with Crippen molar-refractivity contribution < 1.29 is 19.0 Å². The highest BCUT2D eigenvalue weighted by Gasteiger charge is 2.17. The van der Waals surface area contributed by atoms with Gasteiger partial charge in [0, 0.05) is 11.6 Å². The summed E-state index contributed by atoms with van der Waals surface area (Å²) in [6, 6.07) is 3.31. The van der Waals surface area contributed by atoms with E-state index in [1.165, 1.54) is 21.3 Å². The maximum absolute atomic E-state index is 11.9. The van der Waals surface area contributed by atoms with E-state index in [0.717, 1.165) is 0 Å². The number of nitrogens with one attached hydrogen (secondary N) is 1. The second-order valence-electron chi connectivity index (χ2n) is 4.04. The average molecular weight is 269 g/mol. The molecule has 0 radical (unpaired) electrons. The molecule has 0 fully saturated rings. The SMILES string of the molecule is C.COc1cc(C(=O)NC(C)C)cc(OC)c1OC. The summed E-state index contributed by atoms with van der Waals surface area (Å²) in [6.45, 7) is 3.80. The Morgan fingerprint density at radius 3 is 1.84 bits per heavy atom. The Balaban J connectivity index is 0.00000324. The second-order valence-corrected chi connectivity index (χ2v) is 4.04. The van der Waals surface area contributed by atoms with Gasteiger partial charge in [-0.05, 0) is 26.0 Å². The Morgan fingerprint density at radius 2 is 1.53 bits per heavy atom. The summed E-state index contributed by atoms with van der Waals surface area (Å²) in [4.78, 5) is 11.9. The van der Waals surface area contributed by atoms with Gasteiger partial charge in [-0.3, -0.25) is 4.79 Å². The van der Waals surface area contributed by atoms with Crippen LogP contribution in [0.15, 0.2) is 12.1 Å². The van der Waals surface area contributed by atoms with Crippen molar-refractivity contribution in [3.8, 4) is 17.2 Å². The van der Waals surface area contributed by atoms with Crippen molar-refractivity contribution in [2.24, 2.45) is 0 Å². The van der Waals surface area contributed by atoms with Crippen molar-refractivity contribution in [3.05, 3.63) is 17.7 Å². The highest BCUT2D eigenvalue weighted by Crippen LogP contribution is 2.38. The zero-order valence-electron chi connectivity index (χ0n) is 11.4. The van der Waals surface area contributed by atoms with E-state index < -0.39 is 0 Å². The van der Waals surface area contributed by atoms with Gasteiger partial charge in [0.2, 0.25) is 5.75 Å². The van der Waals surface area contributed by atoms with Gasteiger partial charge in [-0.2, -0.15) is 0 Å². The maximum atomic E-state index is 11.9. The van der Waals surface area contributed by atoms with E-state index in [1.807, 2.05) is 13.8 Å². The molecule has 0 aliphatic rings. The molecule has 0 saturated heterocycles. The molecule has 1 rings (SSSR count). The van der Waals surface area contributed by atoms with Crippen LogP contribution >= 0.6 is 0 Å². The third-order valence-electron chi connectivity index (χ3n) is 2.35. The van der Waals surface area contributed by atoms with Gasteiger partial charge >= 0.3 is 0 Å². The number of rotatable bonds is 5. The first-order valence-electron chi connectivity index (χ1n) is 5.64. The van der Waals surface area contributed by atoms with Gasteiger partial charge in [0.05, 0.1) is 21.3 Å². The van der Waals surface area contributed by atoms with Gasteiger partial charge in [-0.1, -0.05) is 7.43 Å². The lowest BCUT2D eigenvalue weighted by Gasteiger charge is -2.14. The van der Waals surface area contributed by atoms with Crippen molar-refractivity contribution in [2.45, 2.75) is 27.3 Å². The van der Waals surface area contributed by atoms with E-state index in [1.54, 1.807) is 12.1 Å². The predicted octanol–water partition coefficient (Wildman–Crippen LogP) is 2.49. The van der Waals surface area contributed by atoms with Crippen molar-refractivity contribution in [2.75, 3.05) is 21.3 Å². The summed E-state index contributed by atoms with van der Waals surface area (Å²) in [5, 5.41) is 2.81. The van der Waals surface area contributed by atoms with Gasteiger partial charge < -0.3 is 19.5 Å². The topological polar surface area (TPSA) is 56.8 Å². The molecule has 0 spiro atoms. The molecule has 1 N–H and O–H groups in total. The van der Waals surface area contributed by atoms with Crippen LogP contribution in [0.25, 0.3) is 0 Å². The highest BCUT2D eigenvalue weighted by atomic mass is 16.5. The summed E-state index contributed by atoms with van der Waals surface area (Å²) in [6.07, 6.45) is 0. The van der Waals surface area contributed by atoms with Gasteiger partial charge in [0.15, 0.2) is 11.5 Å². The third-order valence-corrected chi connectivity index (χ3v) is 2.35. The van der Waals surface area contributed by atoms with Crippen LogP contribution in [0, 0.1) is 0 Å². The second kappa shape index (κ2) is 7.51. The Bertz CT molecular complexity index is 404. The van der Waals surface area contributed by atoms with E-state index in [9.17, 15) is 4.79 Å². The molecule has 5 nitrogen and oxygen atoms in total. The lowest BCUT2D eigenvalue weighted by molar-refractivity contribution is 0.0942. The molecule has 1 amide bonds. The van der Waals surface area contributed by atoms with Crippen molar-refractivity contribution in [3.63, 3.8) is 0 Å². The first-order chi connectivity index (χ1) is 8.53. The minimum absolute atomic E-state index is 0. The molecule has 5 heteroatoms. The van der Waals surface area contributed by atoms with Crippen LogP contribution in [-0.4, -0.2) is 33.3 Å². The van der Waals surface area contributed by atoms with Crippen molar-refractivity contribution >= 4 is 5.91 Å². The summed E-state index contributed by atoms with van der Waals surface area (Å²) >= 11 is 0.